The van der Waals surface area contributed by atoms with Crippen LogP contribution < -0.4 is 23.0 Å². The van der Waals surface area contributed by atoms with Gasteiger partial charge in [-0.1, -0.05) is 0 Å². The molecule has 0 unspecified atom stereocenters. The van der Waals surface area contributed by atoms with E-state index in [4.69, 9.17) is 9.31 Å². The third kappa shape index (κ3) is 4.66. The topological polar surface area (TPSA) is 18.5 Å². The van der Waals surface area contributed by atoms with Crippen LogP contribution in [-0.4, -0.2) is 31.6 Å². The third-order valence-corrected chi connectivity index (χ3v) is 18.6. The summed E-state index contributed by atoms with van der Waals surface area (Å²) in [6.45, 7) is 8.45. The molecule has 0 radical (unpaired) electrons. The molecule has 0 N–H and O–H groups in total. The third-order valence-electron chi connectivity index (χ3n) is 8.66. The summed E-state index contributed by atoms with van der Waals surface area (Å²) >= 11 is -3.49. The average molecular weight is 583 g/mol. The van der Waals surface area contributed by atoms with Crippen LogP contribution in [0.2, 0.25) is 0 Å². The maximum absolute atomic E-state index is 6.51. The zero-order valence-corrected chi connectivity index (χ0v) is 25.8. The number of benzene rings is 5. The van der Waals surface area contributed by atoms with Crippen LogP contribution in [0.15, 0.2) is 140 Å². The van der Waals surface area contributed by atoms with Crippen molar-refractivity contribution in [3.63, 3.8) is 0 Å². The van der Waals surface area contributed by atoms with Crippen molar-refractivity contribution in [3.05, 3.63) is 140 Å². The van der Waals surface area contributed by atoms with E-state index in [0.717, 1.165) is 5.46 Å². The van der Waals surface area contributed by atoms with Crippen molar-refractivity contribution in [1.82, 2.24) is 0 Å². The van der Waals surface area contributed by atoms with Crippen LogP contribution in [0, 0.1) is 0 Å². The SMILES string of the molecule is CC1(C)OB(c2ccc[c]([Ge]([c]3ccccc3)([c]3ccccc3)[c]3cccc(-c4ccccc4)c3)c2)OC1(C)C. The molecule has 1 aliphatic heterocycles. The Morgan fingerprint density at radius 3 is 1.43 bits per heavy atom. The monoisotopic (exact) mass is 584 g/mol. The van der Waals surface area contributed by atoms with Gasteiger partial charge in [0.05, 0.1) is 0 Å². The van der Waals surface area contributed by atoms with E-state index in [1.165, 1.54) is 28.7 Å². The molecule has 0 bridgehead atoms. The summed E-state index contributed by atoms with van der Waals surface area (Å²) in [6.07, 6.45) is 0. The minimum absolute atomic E-state index is 0.394. The first kappa shape index (κ1) is 26.8. The zero-order chi connectivity index (χ0) is 27.8. The fourth-order valence-electron chi connectivity index (χ4n) is 5.84. The van der Waals surface area contributed by atoms with Crippen LogP contribution in [0.4, 0.5) is 0 Å². The molecule has 0 saturated carbocycles. The zero-order valence-electron chi connectivity index (χ0n) is 23.7. The molecule has 0 aromatic heterocycles. The molecule has 0 spiro atoms. The quantitative estimate of drug-likeness (QED) is 0.262. The second-order valence-electron chi connectivity index (χ2n) is 11.6. The van der Waals surface area contributed by atoms with Gasteiger partial charge in [-0.3, -0.25) is 0 Å². The van der Waals surface area contributed by atoms with Crippen LogP contribution in [-0.2, 0) is 9.31 Å². The molecule has 198 valence electrons. The van der Waals surface area contributed by atoms with Gasteiger partial charge in [-0.2, -0.15) is 0 Å². The number of rotatable bonds is 6. The Labute approximate surface area is 241 Å². The van der Waals surface area contributed by atoms with Gasteiger partial charge < -0.3 is 0 Å². The van der Waals surface area contributed by atoms with Gasteiger partial charge in [0.15, 0.2) is 0 Å². The second kappa shape index (κ2) is 10.6. The molecule has 5 aromatic rings. The van der Waals surface area contributed by atoms with E-state index >= 15 is 0 Å². The van der Waals surface area contributed by atoms with Crippen molar-refractivity contribution in [2.45, 2.75) is 38.9 Å². The summed E-state index contributed by atoms with van der Waals surface area (Å²) in [5.41, 5.74) is 2.75. The van der Waals surface area contributed by atoms with E-state index in [-0.39, 0.29) is 0 Å². The van der Waals surface area contributed by atoms with Gasteiger partial charge in [-0.15, -0.1) is 0 Å². The molecular formula is C36H35BGeO2. The van der Waals surface area contributed by atoms with E-state index in [1.807, 2.05) is 0 Å². The predicted octanol–water partition coefficient (Wildman–Crippen LogP) is 5.03. The Morgan fingerprint density at radius 1 is 0.450 bits per heavy atom. The van der Waals surface area contributed by atoms with E-state index in [2.05, 4.69) is 167 Å². The van der Waals surface area contributed by atoms with Gasteiger partial charge >= 0.3 is 242 Å². The van der Waals surface area contributed by atoms with Crippen LogP contribution in [0.1, 0.15) is 27.7 Å². The Hall–Kier alpha value is -3.37. The molecule has 6 rings (SSSR count). The standard InChI is InChI=1S/C36H35BGeO2/c1-35(2)36(3,4)40-37(39-35)30-19-15-25-34(27-30)38(31-20-10-6-11-21-31,32-22-12-7-13-23-32)33-24-14-18-29(26-33)28-16-8-5-9-17-28/h5-27H,1-4H3. The van der Waals surface area contributed by atoms with Crippen LogP contribution >= 0.6 is 0 Å². The molecule has 1 heterocycles. The fraction of sp³-hybridized carbons (Fsp3) is 0.167. The summed E-state index contributed by atoms with van der Waals surface area (Å²) in [4.78, 5) is 0. The molecule has 4 heteroatoms. The summed E-state index contributed by atoms with van der Waals surface area (Å²) in [6, 6.07) is 51.1. The minimum atomic E-state index is -3.49. The predicted molar refractivity (Wildman–Crippen MR) is 171 cm³/mol. The summed E-state index contributed by atoms with van der Waals surface area (Å²) in [5, 5.41) is 0. The van der Waals surface area contributed by atoms with Gasteiger partial charge in [0, 0.05) is 0 Å². The number of hydrogen-bond acceptors (Lipinski definition) is 2. The summed E-state index contributed by atoms with van der Waals surface area (Å²) in [5.74, 6) is 0. The van der Waals surface area contributed by atoms with Gasteiger partial charge in [-0.25, -0.2) is 0 Å². The van der Waals surface area contributed by atoms with Crippen molar-refractivity contribution >= 4 is 43.4 Å². The Bertz CT molecular complexity index is 1540. The number of hydrogen-bond donors (Lipinski definition) is 0. The van der Waals surface area contributed by atoms with E-state index in [1.54, 1.807) is 0 Å². The molecule has 5 aromatic carbocycles. The summed E-state index contributed by atoms with van der Waals surface area (Å²) < 4.78 is 18.6. The van der Waals surface area contributed by atoms with Gasteiger partial charge in [0.25, 0.3) is 0 Å². The Morgan fingerprint density at radius 2 is 0.875 bits per heavy atom. The Balaban J connectivity index is 1.61. The van der Waals surface area contributed by atoms with Crippen molar-refractivity contribution in [2.24, 2.45) is 0 Å². The molecule has 0 atom stereocenters. The maximum atomic E-state index is 6.51. The Kier molecular flexibility index (Phi) is 7.08. The van der Waals surface area contributed by atoms with Crippen molar-refractivity contribution in [3.8, 4) is 11.1 Å². The van der Waals surface area contributed by atoms with Crippen molar-refractivity contribution < 1.29 is 9.31 Å². The molecule has 40 heavy (non-hydrogen) atoms. The van der Waals surface area contributed by atoms with Crippen LogP contribution in [0.25, 0.3) is 11.1 Å². The van der Waals surface area contributed by atoms with Gasteiger partial charge in [0.2, 0.25) is 0 Å². The first-order valence-corrected chi connectivity index (χ1v) is 18.2. The van der Waals surface area contributed by atoms with Gasteiger partial charge in [0.1, 0.15) is 0 Å². The molecule has 1 aliphatic rings. The fourth-order valence-corrected chi connectivity index (χ4v) is 16.0. The molecule has 0 aliphatic carbocycles. The molecule has 2 nitrogen and oxygen atoms in total. The van der Waals surface area contributed by atoms with Crippen LogP contribution in [0.3, 0.4) is 0 Å². The van der Waals surface area contributed by atoms with Crippen molar-refractivity contribution in [2.75, 3.05) is 0 Å². The first-order chi connectivity index (χ1) is 19.3. The van der Waals surface area contributed by atoms with E-state index < -0.39 is 31.6 Å². The van der Waals surface area contributed by atoms with Gasteiger partial charge in [-0.05, 0) is 0 Å². The second-order valence-corrected chi connectivity index (χ2v) is 19.6. The molecular weight excluding hydrogens is 548 g/mol. The van der Waals surface area contributed by atoms with E-state index in [9.17, 15) is 0 Å². The molecule has 0 amide bonds. The average Bonchev–Trinajstić information content (AvgIpc) is 3.22. The normalized spacial score (nSPS) is 16.1. The van der Waals surface area contributed by atoms with Crippen molar-refractivity contribution in [1.29, 1.82) is 0 Å². The molecule has 1 saturated heterocycles. The first-order valence-electron chi connectivity index (χ1n) is 14.0. The molecule has 1 fully saturated rings. The summed E-state index contributed by atoms with van der Waals surface area (Å²) in [7, 11) is -0.410. The van der Waals surface area contributed by atoms with E-state index in [0.29, 0.717) is 0 Å². The van der Waals surface area contributed by atoms with Crippen LogP contribution in [0.5, 0.6) is 0 Å².